The summed E-state index contributed by atoms with van der Waals surface area (Å²) in [5.41, 5.74) is 7.02. The number of nitrogens with two attached hydrogens (primary N) is 1. The van der Waals surface area contributed by atoms with Crippen molar-refractivity contribution in [2.24, 2.45) is 5.73 Å². The third-order valence-electron chi connectivity index (χ3n) is 3.21. The zero-order valence-corrected chi connectivity index (χ0v) is 11.9. The van der Waals surface area contributed by atoms with Gasteiger partial charge in [0.1, 0.15) is 5.00 Å². The number of anilines is 1. The Morgan fingerprint density at radius 3 is 2.74 bits per heavy atom. The summed E-state index contributed by atoms with van der Waals surface area (Å²) >= 11 is 1.49. The number of hydrogen-bond acceptors (Lipinski definition) is 4. The standard InChI is InChI=1S/C13H19N3O2S/c1-2-15-7-10(17)16-13-11(12(14)18)8-5-3-4-6-9(8)19-13/h15H,2-7H2,1H3,(H2,14,18)(H,16,17). The maximum absolute atomic E-state index is 11.7. The molecule has 0 bridgehead atoms. The van der Waals surface area contributed by atoms with E-state index in [1.165, 1.54) is 16.2 Å². The van der Waals surface area contributed by atoms with E-state index in [-0.39, 0.29) is 12.5 Å². The van der Waals surface area contributed by atoms with Gasteiger partial charge in [-0.3, -0.25) is 9.59 Å². The van der Waals surface area contributed by atoms with Crippen molar-refractivity contribution in [1.29, 1.82) is 0 Å². The lowest BCUT2D eigenvalue weighted by atomic mass is 9.95. The van der Waals surface area contributed by atoms with Crippen molar-refractivity contribution in [3.05, 3.63) is 16.0 Å². The molecule has 1 aliphatic rings. The van der Waals surface area contributed by atoms with Crippen LogP contribution in [0.3, 0.4) is 0 Å². The molecule has 0 saturated heterocycles. The lowest BCUT2D eigenvalue weighted by molar-refractivity contribution is -0.115. The summed E-state index contributed by atoms with van der Waals surface area (Å²) in [6, 6.07) is 0. The first kappa shape index (κ1) is 14.0. The van der Waals surface area contributed by atoms with Gasteiger partial charge in [-0.15, -0.1) is 11.3 Å². The van der Waals surface area contributed by atoms with Crippen molar-refractivity contribution in [1.82, 2.24) is 5.32 Å². The number of thiophene rings is 1. The van der Waals surface area contributed by atoms with Crippen LogP contribution in [0.1, 0.15) is 40.6 Å². The fourth-order valence-electron chi connectivity index (χ4n) is 2.32. The summed E-state index contributed by atoms with van der Waals surface area (Å²) in [6.45, 7) is 2.92. The van der Waals surface area contributed by atoms with Crippen LogP contribution in [0.25, 0.3) is 0 Å². The number of aryl methyl sites for hydroxylation is 1. The van der Waals surface area contributed by atoms with Crippen molar-refractivity contribution in [3.63, 3.8) is 0 Å². The quantitative estimate of drug-likeness (QED) is 0.760. The van der Waals surface area contributed by atoms with Gasteiger partial charge in [0.25, 0.3) is 5.91 Å². The Balaban J connectivity index is 2.22. The van der Waals surface area contributed by atoms with Crippen LogP contribution in [-0.2, 0) is 17.6 Å². The molecule has 1 aliphatic carbocycles. The molecule has 0 spiro atoms. The maximum Gasteiger partial charge on any atom is 0.251 e. The van der Waals surface area contributed by atoms with E-state index >= 15 is 0 Å². The number of carbonyl (C=O) groups excluding carboxylic acids is 2. The fraction of sp³-hybridized carbons (Fsp3) is 0.538. The molecular weight excluding hydrogens is 262 g/mol. The molecule has 0 saturated carbocycles. The SMILES string of the molecule is CCNCC(=O)Nc1sc2c(c1C(N)=O)CCCC2. The molecule has 6 heteroatoms. The van der Waals surface area contributed by atoms with Gasteiger partial charge in [-0.1, -0.05) is 6.92 Å². The highest BCUT2D eigenvalue weighted by Crippen LogP contribution is 2.37. The van der Waals surface area contributed by atoms with E-state index in [0.717, 1.165) is 37.8 Å². The Bertz CT molecular complexity index is 496. The highest BCUT2D eigenvalue weighted by Gasteiger charge is 2.24. The van der Waals surface area contributed by atoms with Gasteiger partial charge in [0.05, 0.1) is 12.1 Å². The largest absolute Gasteiger partial charge is 0.365 e. The Labute approximate surface area is 116 Å². The smallest absolute Gasteiger partial charge is 0.251 e. The number of likely N-dealkylation sites (N-methyl/N-ethyl adjacent to an activating group) is 1. The number of nitrogens with one attached hydrogen (secondary N) is 2. The molecule has 19 heavy (non-hydrogen) atoms. The lowest BCUT2D eigenvalue weighted by Crippen LogP contribution is -2.28. The van der Waals surface area contributed by atoms with E-state index in [2.05, 4.69) is 10.6 Å². The molecule has 104 valence electrons. The second kappa shape index (κ2) is 6.16. The van der Waals surface area contributed by atoms with E-state index in [1.54, 1.807) is 0 Å². The molecule has 1 heterocycles. The summed E-state index contributed by atoms with van der Waals surface area (Å²) < 4.78 is 0. The summed E-state index contributed by atoms with van der Waals surface area (Å²) in [5.74, 6) is -0.582. The van der Waals surface area contributed by atoms with Gasteiger partial charge in [-0.2, -0.15) is 0 Å². The minimum Gasteiger partial charge on any atom is -0.365 e. The number of primary amides is 1. The average Bonchev–Trinajstić information content (AvgIpc) is 2.74. The Morgan fingerprint density at radius 2 is 2.05 bits per heavy atom. The Hall–Kier alpha value is -1.40. The van der Waals surface area contributed by atoms with E-state index in [0.29, 0.717) is 10.6 Å². The average molecular weight is 281 g/mol. The van der Waals surface area contributed by atoms with Gasteiger partial charge in [0.2, 0.25) is 5.91 Å². The van der Waals surface area contributed by atoms with Crippen LogP contribution in [0.2, 0.25) is 0 Å². The number of fused-ring (bicyclic) bond motifs is 1. The number of rotatable bonds is 5. The van der Waals surface area contributed by atoms with E-state index in [4.69, 9.17) is 5.73 Å². The highest BCUT2D eigenvalue weighted by molar-refractivity contribution is 7.17. The third kappa shape index (κ3) is 3.13. The van der Waals surface area contributed by atoms with E-state index < -0.39 is 5.91 Å². The zero-order valence-electron chi connectivity index (χ0n) is 11.0. The van der Waals surface area contributed by atoms with Crippen LogP contribution in [0.4, 0.5) is 5.00 Å². The fourth-order valence-corrected chi connectivity index (χ4v) is 3.63. The first-order valence-electron chi connectivity index (χ1n) is 6.58. The monoisotopic (exact) mass is 281 g/mol. The molecule has 0 radical (unpaired) electrons. The van der Waals surface area contributed by atoms with Crippen LogP contribution in [0.5, 0.6) is 0 Å². The number of hydrogen-bond donors (Lipinski definition) is 3. The summed E-state index contributed by atoms with van der Waals surface area (Å²) in [5, 5.41) is 6.37. The molecular formula is C13H19N3O2S. The molecule has 4 N–H and O–H groups in total. The van der Waals surface area contributed by atoms with Gasteiger partial charge in [0, 0.05) is 4.88 Å². The number of carbonyl (C=O) groups is 2. The molecule has 0 fully saturated rings. The zero-order chi connectivity index (χ0) is 13.8. The van der Waals surface area contributed by atoms with Crippen LogP contribution in [-0.4, -0.2) is 24.9 Å². The van der Waals surface area contributed by atoms with Gasteiger partial charge in [0.15, 0.2) is 0 Å². The van der Waals surface area contributed by atoms with Crippen molar-refractivity contribution in [2.75, 3.05) is 18.4 Å². The van der Waals surface area contributed by atoms with Crippen molar-refractivity contribution in [2.45, 2.75) is 32.6 Å². The molecule has 1 aromatic heterocycles. The molecule has 0 aromatic carbocycles. The second-order valence-corrected chi connectivity index (χ2v) is 5.71. The Kier molecular flexibility index (Phi) is 4.55. The van der Waals surface area contributed by atoms with Gasteiger partial charge >= 0.3 is 0 Å². The van der Waals surface area contributed by atoms with Gasteiger partial charge < -0.3 is 16.4 Å². The van der Waals surface area contributed by atoms with Crippen LogP contribution in [0, 0.1) is 0 Å². The molecule has 0 atom stereocenters. The Morgan fingerprint density at radius 1 is 1.32 bits per heavy atom. The third-order valence-corrected chi connectivity index (χ3v) is 4.41. The summed E-state index contributed by atoms with van der Waals surface area (Å²) in [6.07, 6.45) is 4.07. The molecule has 0 aliphatic heterocycles. The summed E-state index contributed by atoms with van der Waals surface area (Å²) in [4.78, 5) is 24.5. The van der Waals surface area contributed by atoms with Crippen molar-refractivity contribution < 1.29 is 9.59 Å². The van der Waals surface area contributed by atoms with E-state index in [9.17, 15) is 9.59 Å². The topological polar surface area (TPSA) is 84.2 Å². The highest BCUT2D eigenvalue weighted by atomic mass is 32.1. The number of amides is 2. The second-order valence-electron chi connectivity index (χ2n) is 4.61. The first-order valence-corrected chi connectivity index (χ1v) is 7.40. The lowest BCUT2D eigenvalue weighted by Gasteiger charge is -2.11. The van der Waals surface area contributed by atoms with Crippen LogP contribution >= 0.6 is 11.3 Å². The van der Waals surface area contributed by atoms with Gasteiger partial charge in [-0.25, -0.2) is 0 Å². The van der Waals surface area contributed by atoms with Crippen molar-refractivity contribution >= 4 is 28.2 Å². The predicted octanol–water partition coefficient (Wildman–Crippen LogP) is 1.27. The van der Waals surface area contributed by atoms with Crippen molar-refractivity contribution in [3.8, 4) is 0 Å². The predicted molar refractivity (Wildman–Crippen MR) is 76.7 cm³/mol. The summed E-state index contributed by atoms with van der Waals surface area (Å²) in [7, 11) is 0. The molecule has 1 aromatic rings. The normalized spacial score (nSPS) is 13.9. The minimum atomic E-state index is -0.446. The van der Waals surface area contributed by atoms with E-state index in [1.807, 2.05) is 6.92 Å². The molecule has 2 amide bonds. The van der Waals surface area contributed by atoms with Gasteiger partial charge in [-0.05, 0) is 37.8 Å². The molecule has 0 unspecified atom stereocenters. The molecule has 2 rings (SSSR count). The van der Waals surface area contributed by atoms with Crippen LogP contribution in [0.15, 0.2) is 0 Å². The van der Waals surface area contributed by atoms with Crippen LogP contribution < -0.4 is 16.4 Å². The first-order chi connectivity index (χ1) is 9.13. The maximum atomic E-state index is 11.7. The molecule has 5 nitrogen and oxygen atoms in total. The minimum absolute atomic E-state index is 0.136.